The van der Waals surface area contributed by atoms with Crippen LogP contribution in [-0.2, 0) is 19.2 Å². The van der Waals surface area contributed by atoms with E-state index in [2.05, 4.69) is 47.2 Å². The number of amides is 2. The Kier molecular flexibility index (Phi) is 12.7. The quantitative estimate of drug-likeness (QED) is 0.165. The molecule has 1 aliphatic rings. The molecular formula is C24H20BrClF6N6O7. The summed E-state index contributed by atoms with van der Waals surface area (Å²) in [5.74, 6) is -8.88. The van der Waals surface area contributed by atoms with E-state index in [1.807, 2.05) is 0 Å². The van der Waals surface area contributed by atoms with Crippen molar-refractivity contribution < 1.29 is 60.5 Å². The van der Waals surface area contributed by atoms with Crippen LogP contribution < -0.4 is 21.3 Å². The summed E-state index contributed by atoms with van der Waals surface area (Å²) >= 11 is 9.13. The minimum atomic E-state index is -5.77. The Labute approximate surface area is 261 Å². The lowest BCUT2D eigenvalue weighted by Gasteiger charge is -2.20. The number of benzene rings is 1. The van der Waals surface area contributed by atoms with Gasteiger partial charge in [0.1, 0.15) is 5.75 Å². The van der Waals surface area contributed by atoms with E-state index in [0.29, 0.717) is 18.2 Å². The summed E-state index contributed by atoms with van der Waals surface area (Å²) in [4.78, 5) is 63.6. The summed E-state index contributed by atoms with van der Waals surface area (Å²) in [5, 5.41) is 30.7. The summed E-state index contributed by atoms with van der Waals surface area (Å²) in [6, 6.07) is 3.28. The number of hydrogen-bond donors (Lipinski definition) is 6. The Bertz CT molecular complexity index is 1480. The molecule has 0 radical (unpaired) electrons. The van der Waals surface area contributed by atoms with Crippen LogP contribution in [0.25, 0.3) is 0 Å². The van der Waals surface area contributed by atoms with Crippen LogP contribution in [0.5, 0.6) is 5.75 Å². The van der Waals surface area contributed by atoms with Crippen molar-refractivity contribution in [2.75, 3.05) is 25.0 Å². The predicted molar refractivity (Wildman–Crippen MR) is 147 cm³/mol. The number of pyridine rings is 1. The van der Waals surface area contributed by atoms with Gasteiger partial charge < -0.3 is 31.5 Å². The number of Topliss-reactive ketones (excluding diaryl/α,β-unsaturated/α-hetero) is 2. The first-order valence-electron chi connectivity index (χ1n) is 12.0. The fourth-order valence-corrected chi connectivity index (χ4v) is 4.12. The number of nitrogens with one attached hydrogen (secondary N) is 4. The number of carboxylic acids is 1. The van der Waals surface area contributed by atoms with Gasteiger partial charge in [0, 0.05) is 23.3 Å². The third-order valence-electron chi connectivity index (χ3n) is 5.22. The number of hydrogen-bond acceptors (Lipinski definition) is 10. The highest BCUT2D eigenvalue weighted by molar-refractivity contribution is 9.10. The number of carbonyl (C=O) groups is 5. The fourth-order valence-electron chi connectivity index (χ4n) is 3.28. The Morgan fingerprint density at radius 1 is 1.02 bits per heavy atom. The Morgan fingerprint density at radius 2 is 1.64 bits per heavy atom. The predicted octanol–water partition coefficient (Wildman–Crippen LogP) is 2.89. The molecule has 21 heteroatoms. The van der Waals surface area contributed by atoms with E-state index in [1.54, 1.807) is 6.07 Å². The van der Waals surface area contributed by atoms with Crippen LogP contribution >= 0.6 is 27.5 Å². The van der Waals surface area contributed by atoms with Gasteiger partial charge in [-0.15, -0.1) is 0 Å². The molecule has 0 saturated carbocycles. The number of anilines is 1. The fraction of sp³-hybridized carbons (Fsp3) is 0.292. The number of rotatable bonds is 9. The molecule has 45 heavy (non-hydrogen) atoms. The normalized spacial score (nSPS) is 13.3. The third-order valence-corrected chi connectivity index (χ3v) is 6.04. The molecule has 2 aromatic rings. The average Bonchev–Trinajstić information content (AvgIpc) is 3.44. The van der Waals surface area contributed by atoms with Crippen molar-refractivity contribution in [3.05, 3.63) is 51.2 Å². The van der Waals surface area contributed by atoms with Crippen molar-refractivity contribution in [3.8, 4) is 5.75 Å². The topological polar surface area (TPSA) is 199 Å². The number of alkyl halides is 6. The van der Waals surface area contributed by atoms with E-state index in [-0.39, 0.29) is 26.4 Å². The maximum Gasteiger partial charge on any atom is 0.458 e. The second kappa shape index (κ2) is 15.5. The number of aromatic hydroxyl groups is 1. The molecule has 2 amide bonds. The molecule has 2 heterocycles. The summed E-state index contributed by atoms with van der Waals surface area (Å²) < 4.78 is 67.2. The van der Waals surface area contributed by atoms with Gasteiger partial charge in [0.25, 0.3) is 5.91 Å². The Morgan fingerprint density at radius 3 is 2.18 bits per heavy atom. The van der Waals surface area contributed by atoms with E-state index in [4.69, 9.17) is 11.6 Å². The third kappa shape index (κ3) is 11.5. The molecule has 1 atom stereocenters. The second-order valence-electron chi connectivity index (χ2n) is 8.62. The number of aliphatic imine (C=N–C) groups is 1. The van der Waals surface area contributed by atoms with Crippen molar-refractivity contribution in [2.45, 2.75) is 24.8 Å². The molecule has 3 rings (SSSR count). The van der Waals surface area contributed by atoms with Crippen LogP contribution in [0.15, 0.2) is 40.1 Å². The zero-order valence-corrected chi connectivity index (χ0v) is 24.5. The molecule has 13 nitrogen and oxygen atoms in total. The molecular weight excluding hydrogens is 714 g/mol. The largest absolute Gasteiger partial charge is 0.506 e. The van der Waals surface area contributed by atoms with Gasteiger partial charge in [-0.1, -0.05) is 11.6 Å². The van der Waals surface area contributed by atoms with Gasteiger partial charge in [-0.3, -0.25) is 33.9 Å². The van der Waals surface area contributed by atoms with E-state index in [1.165, 1.54) is 24.5 Å². The minimum Gasteiger partial charge on any atom is -0.506 e. The van der Waals surface area contributed by atoms with E-state index >= 15 is 0 Å². The van der Waals surface area contributed by atoms with Crippen molar-refractivity contribution in [1.82, 2.24) is 20.9 Å². The zero-order valence-electron chi connectivity index (χ0n) is 22.1. The first-order chi connectivity index (χ1) is 20.8. The molecule has 1 aromatic heterocycles. The van der Waals surface area contributed by atoms with Crippen LogP contribution in [0.3, 0.4) is 0 Å². The first kappa shape index (κ1) is 36.7. The maximum atomic E-state index is 12.5. The average molecular weight is 734 g/mol. The van der Waals surface area contributed by atoms with Gasteiger partial charge in [0.2, 0.25) is 5.91 Å². The smallest absolute Gasteiger partial charge is 0.458 e. The molecule has 0 saturated heterocycles. The van der Waals surface area contributed by atoms with Crippen LogP contribution in [0, 0.1) is 0 Å². The van der Waals surface area contributed by atoms with E-state index in [9.17, 15) is 60.5 Å². The van der Waals surface area contributed by atoms with Crippen LogP contribution in [0.4, 0.5) is 32.0 Å². The van der Waals surface area contributed by atoms with E-state index in [0.717, 1.165) is 6.54 Å². The lowest BCUT2D eigenvalue weighted by Crippen LogP contribution is -2.39. The number of phenolic OH excluding ortho intramolecular Hbond substituents is 1. The summed E-state index contributed by atoms with van der Waals surface area (Å²) in [6.45, 7) is 0.943. The number of phenols is 1. The highest BCUT2D eigenvalue weighted by Gasteiger charge is 2.54. The number of aromatic nitrogens is 1. The molecule has 6 N–H and O–H groups in total. The molecule has 0 bridgehead atoms. The molecule has 1 aliphatic heterocycles. The summed E-state index contributed by atoms with van der Waals surface area (Å²) in [5.41, 5.74) is 0.886. The molecule has 1 aromatic carbocycles. The van der Waals surface area contributed by atoms with Gasteiger partial charge in [0.15, 0.2) is 5.96 Å². The van der Waals surface area contributed by atoms with Gasteiger partial charge in [0.05, 0.1) is 47.5 Å². The highest BCUT2D eigenvalue weighted by Crippen LogP contribution is 2.36. The van der Waals surface area contributed by atoms with Crippen molar-refractivity contribution in [1.29, 1.82) is 0 Å². The standard InChI is InChI=1S/C20H20BrClN6O5.C4F6O2/c21-14-5-11(22)4-13(18(14)32)15(6-17(30)31)28-16(29)9-26-19(33)10-3-12(8-23-7-10)27-20-24-1-2-25-20;5-3(6,7)1(11)2(12)4(8,9)10/h3-5,7-8,15,32H,1-2,6,9H2,(H,26,33)(H,28,29)(H,30,31)(H2,24,25,27);. The number of carbonyl (C=O) groups excluding carboxylic acids is 4. The lowest BCUT2D eigenvalue weighted by molar-refractivity contribution is -0.193. The summed E-state index contributed by atoms with van der Waals surface area (Å²) in [7, 11) is 0. The van der Waals surface area contributed by atoms with E-state index < -0.39 is 60.7 Å². The number of aliphatic carboxylic acids is 1. The highest BCUT2D eigenvalue weighted by atomic mass is 79.9. The maximum absolute atomic E-state index is 12.5. The number of guanidine groups is 1. The first-order valence-corrected chi connectivity index (χ1v) is 13.2. The SMILES string of the molecule is O=C(C(=O)C(F)(F)F)C(F)(F)F.O=C(O)CC(NC(=O)CNC(=O)c1cncc(NC2=NCCN2)c1)c1cc(Cl)cc(Br)c1O. The zero-order chi connectivity index (χ0) is 34.1. The van der Waals surface area contributed by atoms with Crippen LogP contribution in [0.1, 0.15) is 28.4 Å². The molecule has 244 valence electrons. The summed E-state index contributed by atoms with van der Waals surface area (Å²) in [6.07, 6.45) is -9.18. The molecule has 0 fully saturated rings. The Balaban J connectivity index is 0.000000498. The van der Waals surface area contributed by atoms with Crippen molar-refractivity contribution in [3.63, 3.8) is 0 Å². The van der Waals surface area contributed by atoms with Gasteiger partial charge in [-0.2, -0.15) is 26.3 Å². The van der Waals surface area contributed by atoms with Gasteiger partial charge in [-0.25, -0.2) is 0 Å². The number of carboxylic acid groups (broad SMARTS) is 1. The number of ketones is 2. The number of halogens is 8. The number of nitrogens with zero attached hydrogens (tertiary/aromatic N) is 2. The molecule has 0 aliphatic carbocycles. The Hall–Kier alpha value is -4.46. The van der Waals surface area contributed by atoms with Crippen molar-refractivity contribution in [2.24, 2.45) is 4.99 Å². The lowest BCUT2D eigenvalue weighted by atomic mass is 10.0. The molecule has 0 spiro atoms. The van der Waals surface area contributed by atoms with Gasteiger partial charge in [-0.05, 0) is 34.1 Å². The molecule has 1 unspecified atom stereocenters. The van der Waals surface area contributed by atoms with Crippen LogP contribution in [0.2, 0.25) is 5.02 Å². The van der Waals surface area contributed by atoms with Crippen molar-refractivity contribution >= 4 is 68.5 Å². The van der Waals surface area contributed by atoms with Crippen LogP contribution in [-0.4, -0.2) is 82.5 Å². The monoisotopic (exact) mass is 732 g/mol. The minimum absolute atomic E-state index is 0.128. The van der Waals surface area contributed by atoms with Gasteiger partial charge >= 0.3 is 29.9 Å². The second-order valence-corrected chi connectivity index (χ2v) is 9.92.